The van der Waals surface area contributed by atoms with Gasteiger partial charge >= 0.3 is 0 Å². The average Bonchev–Trinajstić information content (AvgIpc) is 2.40. The first-order valence-corrected chi connectivity index (χ1v) is 10.6. The predicted octanol–water partition coefficient (Wildman–Crippen LogP) is 5.96. The summed E-state index contributed by atoms with van der Waals surface area (Å²) in [4.78, 5) is 2.80. The van der Waals surface area contributed by atoms with Crippen molar-refractivity contribution in [2.75, 3.05) is 0 Å². The van der Waals surface area contributed by atoms with E-state index in [9.17, 15) is 0 Å². The fourth-order valence-electron chi connectivity index (χ4n) is 3.36. The van der Waals surface area contributed by atoms with Crippen LogP contribution >= 0.6 is 15.9 Å². The van der Waals surface area contributed by atoms with Crippen LogP contribution < -0.4 is 0 Å². The van der Waals surface area contributed by atoms with Gasteiger partial charge in [-0.1, -0.05) is 65.5 Å². The van der Waals surface area contributed by atoms with Gasteiger partial charge in [-0.05, 0) is 33.6 Å². The molecule has 0 radical (unpaired) electrons. The second-order valence-corrected chi connectivity index (χ2v) is 12.4. The fraction of sp³-hybridized carbons (Fsp3) is 0.474. The number of rotatable bonds is 3. The highest BCUT2D eigenvalue weighted by molar-refractivity contribution is 9.12. The van der Waals surface area contributed by atoms with Crippen molar-refractivity contribution in [2.45, 2.75) is 58.2 Å². The molecule has 0 saturated heterocycles. The molecule has 0 aliphatic heterocycles. The van der Waals surface area contributed by atoms with Crippen LogP contribution in [0.1, 0.15) is 52.7 Å². The molecule has 0 aromatic heterocycles. The molecule has 0 amide bonds. The van der Waals surface area contributed by atoms with E-state index in [1.165, 1.54) is 0 Å². The molecule has 112 valence electrons. The summed E-state index contributed by atoms with van der Waals surface area (Å²) in [6.45, 7) is 14.0. The summed E-state index contributed by atoms with van der Waals surface area (Å²) in [5.74, 6) is 6.55. The molecule has 0 saturated carbocycles. The van der Waals surface area contributed by atoms with Crippen molar-refractivity contribution in [1.29, 1.82) is 0 Å². The van der Waals surface area contributed by atoms with Crippen LogP contribution in [0.2, 0.25) is 16.6 Å². The van der Waals surface area contributed by atoms with Crippen molar-refractivity contribution in [1.82, 2.24) is 0 Å². The molecule has 2 heteroatoms. The number of hydrogen-bond donors (Lipinski definition) is 0. The Labute approximate surface area is 139 Å². The van der Waals surface area contributed by atoms with Gasteiger partial charge in [0.1, 0.15) is 8.07 Å². The Hall–Kier alpha value is -0.963. The van der Waals surface area contributed by atoms with Gasteiger partial charge in [-0.3, -0.25) is 0 Å². The minimum atomic E-state index is -1.68. The average molecular weight is 361 g/mol. The normalized spacial score (nSPS) is 11.1. The van der Waals surface area contributed by atoms with Gasteiger partial charge < -0.3 is 0 Å². The highest BCUT2D eigenvalue weighted by atomic mass is 79.9. The SMILES string of the molecule is CC(C)[Si](C#Cc1ccccc1C#CBr)(C(C)C)C(C)C. The van der Waals surface area contributed by atoms with E-state index in [0.29, 0.717) is 16.6 Å². The molecule has 0 bridgehead atoms. The lowest BCUT2D eigenvalue weighted by atomic mass is 10.1. The molecule has 0 spiro atoms. The van der Waals surface area contributed by atoms with E-state index in [0.717, 1.165) is 11.1 Å². The van der Waals surface area contributed by atoms with Crippen molar-refractivity contribution in [2.24, 2.45) is 0 Å². The van der Waals surface area contributed by atoms with Gasteiger partial charge in [0.15, 0.2) is 0 Å². The molecular weight excluding hydrogens is 336 g/mol. The molecule has 0 aliphatic carbocycles. The number of halogens is 1. The monoisotopic (exact) mass is 360 g/mol. The lowest BCUT2D eigenvalue weighted by Crippen LogP contribution is -2.43. The Bertz CT molecular complexity index is 569. The zero-order valence-electron chi connectivity index (χ0n) is 13.9. The van der Waals surface area contributed by atoms with Gasteiger partial charge in [-0.15, -0.1) is 5.54 Å². The lowest BCUT2D eigenvalue weighted by molar-refractivity contribution is 0.838. The van der Waals surface area contributed by atoms with Gasteiger partial charge in [-0.2, -0.15) is 0 Å². The summed E-state index contributed by atoms with van der Waals surface area (Å²) in [5.41, 5.74) is 7.75. The van der Waals surface area contributed by atoms with Crippen LogP contribution in [0.4, 0.5) is 0 Å². The largest absolute Gasteiger partial charge is 0.146 e. The molecule has 0 fully saturated rings. The highest BCUT2D eigenvalue weighted by Gasteiger charge is 2.41. The maximum Gasteiger partial charge on any atom is 0.146 e. The van der Waals surface area contributed by atoms with Crippen LogP contribution in [0.15, 0.2) is 24.3 Å². The van der Waals surface area contributed by atoms with E-state index in [2.05, 4.69) is 85.8 Å². The number of hydrogen-bond acceptors (Lipinski definition) is 0. The Balaban J connectivity index is 3.38. The van der Waals surface area contributed by atoms with Gasteiger partial charge in [0.05, 0.1) is 0 Å². The Kier molecular flexibility index (Phi) is 6.79. The molecule has 0 atom stereocenters. The van der Waals surface area contributed by atoms with Crippen LogP contribution in [0, 0.1) is 22.2 Å². The smallest absolute Gasteiger partial charge is 0.125 e. The maximum atomic E-state index is 3.75. The first-order valence-electron chi connectivity index (χ1n) is 7.60. The van der Waals surface area contributed by atoms with Crippen molar-refractivity contribution in [3.8, 4) is 22.2 Å². The van der Waals surface area contributed by atoms with Crippen LogP contribution in [0.3, 0.4) is 0 Å². The van der Waals surface area contributed by atoms with Crippen molar-refractivity contribution >= 4 is 24.0 Å². The minimum Gasteiger partial charge on any atom is -0.125 e. The molecule has 1 aromatic rings. The van der Waals surface area contributed by atoms with Crippen LogP contribution in [0.5, 0.6) is 0 Å². The van der Waals surface area contributed by atoms with Crippen molar-refractivity contribution in [3.63, 3.8) is 0 Å². The minimum absolute atomic E-state index is 0.652. The van der Waals surface area contributed by atoms with E-state index in [1.54, 1.807) is 0 Å². The van der Waals surface area contributed by atoms with Crippen molar-refractivity contribution < 1.29 is 0 Å². The van der Waals surface area contributed by atoms with E-state index in [1.807, 2.05) is 18.2 Å². The summed E-state index contributed by atoms with van der Waals surface area (Å²) < 4.78 is 0. The summed E-state index contributed by atoms with van der Waals surface area (Å²) in [7, 11) is -1.68. The quantitative estimate of drug-likeness (QED) is 0.460. The Morgan fingerprint density at radius 2 is 1.24 bits per heavy atom. The Morgan fingerprint density at radius 1 is 0.810 bits per heavy atom. The summed E-state index contributed by atoms with van der Waals surface area (Å²) in [6, 6.07) is 8.14. The molecule has 0 nitrogen and oxygen atoms in total. The van der Waals surface area contributed by atoms with Crippen molar-refractivity contribution in [3.05, 3.63) is 35.4 Å². The molecule has 21 heavy (non-hydrogen) atoms. The van der Waals surface area contributed by atoms with E-state index >= 15 is 0 Å². The van der Waals surface area contributed by atoms with Crippen LogP contribution in [0.25, 0.3) is 0 Å². The lowest BCUT2D eigenvalue weighted by Gasteiger charge is -2.38. The van der Waals surface area contributed by atoms with E-state index in [-0.39, 0.29) is 0 Å². The predicted molar refractivity (Wildman–Crippen MR) is 100 cm³/mol. The molecule has 0 heterocycles. The Morgan fingerprint density at radius 3 is 1.62 bits per heavy atom. The molecule has 1 aromatic carbocycles. The maximum absolute atomic E-state index is 3.75. The van der Waals surface area contributed by atoms with Crippen LogP contribution in [-0.4, -0.2) is 8.07 Å². The topological polar surface area (TPSA) is 0 Å². The fourth-order valence-corrected chi connectivity index (χ4v) is 8.79. The summed E-state index contributed by atoms with van der Waals surface area (Å²) in [5, 5.41) is 0. The third-order valence-electron chi connectivity index (χ3n) is 4.39. The zero-order valence-corrected chi connectivity index (χ0v) is 16.5. The van der Waals surface area contributed by atoms with Crippen LogP contribution in [-0.2, 0) is 0 Å². The van der Waals surface area contributed by atoms with Gasteiger partial charge in [0, 0.05) is 27.1 Å². The van der Waals surface area contributed by atoms with Gasteiger partial charge in [0.25, 0.3) is 0 Å². The second-order valence-electron chi connectivity index (χ2n) is 6.41. The van der Waals surface area contributed by atoms with Gasteiger partial charge in [0.2, 0.25) is 0 Å². The zero-order chi connectivity index (χ0) is 16.0. The summed E-state index contributed by atoms with van der Waals surface area (Å²) >= 11 is 3.18. The molecule has 0 aliphatic rings. The van der Waals surface area contributed by atoms with E-state index < -0.39 is 8.07 Å². The van der Waals surface area contributed by atoms with E-state index in [4.69, 9.17) is 0 Å². The molecule has 0 N–H and O–H groups in total. The summed E-state index contributed by atoms with van der Waals surface area (Å²) in [6.07, 6.45) is 0. The standard InChI is InChI=1S/C19H25BrSi/c1-15(2)21(16(3)4,17(5)6)14-12-19-10-8-7-9-18(19)11-13-20/h7-10,15-17H,1-6H3. The van der Waals surface area contributed by atoms with Gasteiger partial charge in [-0.25, -0.2) is 0 Å². The highest BCUT2D eigenvalue weighted by Crippen LogP contribution is 2.40. The second kappa shape index (κ2) is 7.88. The third-order valence-corrected chi connectivity index (χ3v) is 10.9. The molecular formula is C19H25BrSi. The first kappa shape index (κ1) is 18.1. The number of benzene rings is 1. The first-order chi connectivity index (χ1) is 9.86. The molecule has 0 unspecified atom stereocenters. The third kappa shape index (κ3) is 4.03. The molecule has 1 rings (SSSR count).